The molecule has 4 nitrogen and oxygen atoms in total. The van der Waals surface area contributed by atoms with Crippen LogP contribution >= 0.6 is 0 Å². The Bertz CT molecular complexity index is 566. The van der Waals surface area contributed by atoms with Gasteiger partial charge in [-0.1, -0.05) is 6.08 Å². The minimum Gasteiger partial charge on any atom is -0.491 e. The zero-order valence-electron chi connectivity index (χ0n) is 10.8. The molecule has 1 N–H and O–H groups in total. The fourth-order valence-electron chi connectivity index (χ4n) is 1.70. The number of nitrogens with one attached hydrogen (secondary N) is 1. The number of hydrogen-bond acceptors (Lipinski definition) is 3. The number of ether oxygens (including phenoxy) is 1. The van der Waals surface area contributed by atoms with Crippen LogP contribution in [0.25, 0.3) is 0 Å². The summed E-state index contributed by atoms with van der Waals surface area (Å²) in [5, 5.41) is 3.06. The first-order valence-electron chi connectivity index (χ1n) is 6.06. The first-order valence-corrected chi connectivity index (χ1v) is 6.06. The van der Waals surface area contributed by atoms with Gasteiger partial charge in [-0.3, -0.25) is 0 Å². The van der Waals surface area contributed by atoms with Crippen LogP contribution in [0.2, 0.25) is 0 Å². The van der Waals surface area contributed by atoms with Gasteiger partial charge in [0.1, 0.15) is 0 Å². The van der Waals surface area contributed by atoms with Gasteiger partial charge in [-0.2, -0.15) is 0 Å². The molecule has 2 aromatic rings. The van der Waals surface area contributed by atoms with Gasteiger partial charge >= 0.3 is 0 Å². The fraction of sp³-hybridized carbons (Fsp3) is 0.214. The minimum absolute atomic E-state index is 0.252. The number of nitrogens with zero attached hydrogens (tertiary/aromatic N) is 2. The molecule has 0 saturated heterocycles. The Balaban J connectivity index is 2.16. The van der Waals surface area contributed by atoms with Gasteiger partial charge in [-0.05, 0) is 19.1 Å². The number of rotatable bonds is 6. The van der Waals surface area contributed by atoms with E-state index in [4.69, 9.17) is 4.74 Å². The van der Waals surface area contributed by atoms with Crippen LogP contribution in [0.15, 0.2) is 43.2 Å². The highest BCUT2D eigenvalue weighted by atomic mass is 19.1. The molecule has 0 saturated carbocycles. The van der Waals surface area contributed by atoms with Crippen LogP contribution in [0.3, 0.4) is 0 Å². The molecule has 0 spiro atoms. The standard InChI is InChI=1S/C14H16FN3O/c1-3-8-18-9-7-16-14(18)17-11-5-6-13(19-4-2)12(15)10-11/h3,5-7,9-10H,1,4,8H2,2H3,(H,16,17). The Morgan fingerprint density at radius 1 is 1.53 bits per heavy atom. The summed E-state index contributed by atoms with van der Waals surface area (Å²) >= 11 is 0. The average molecular weight is 261 g/mol. The second-order valence-electron chi connectivity index (χ2n) is 3.90. The first kappa shape index (κ1) is 13.1. The van der Waals surface area contributed by atoms with Crippen LogP contribution in [-0.4, -0.2) is 16.2 Å². The van der Waals surface area contributed by atoms with Crippen LogP contribution in [0.1, 0.15) is 6.92 Å². The predicted molar refractivity (Wildman–Crippen MR) is 73.3 cm³/mol. The van der Waals surface area contributed by atoms with Gasteiger partial charge in [0.05, 0.1) is 6.61 Å². The molecule has 1 aromatic carbocycles. The molecule has 0 radical (unpaired) electrons. The van der Waals surface area contributed by atoms with E-state index in [0.29, 0.717) is 24.8 Å². The van der Waals surface area contributed by atoms with Gasteiger partial charge in [-0.15, -0.1) is 6.58 Å². The zero-order chi connectivity index (χ0) is 13.7. The summed E-state index contributed by atoms with van der Waals surface area (Å²) in [5.74, 6) is 0.500. The molecule has 0 amide bonds. The summed E-state index contributed by atoms with van der Waals surface area (Å²) in [6.45, 7) is 6.57. The molecule has 0 aliphatic carbocycles. The molecule has 0 atom stereocenters. The van der Waals surface area contributed by atoms with Gasteiger partial charge in [0, 0.05) is 30.7 Å². The highest BCUT2D eigenvalue weighted by Gasteiger charge is 2.06. The number of aromatic nitrogens is 2. The van der Waals surface area contributed by atoms with E-state index < -0.39 is 5.82 Å². The van der Waals surface area contributed by atoms with Crippen molar-refractivity contribution in [3.8, 4) is 5.75 Å². The Morgan fingerprint density at radius 3 is 3.05 bits per heavy atom. The summed E-state index contributed by atoms with van der Waals surface area (Å²) in [5.41, 5.74) is 0.623. The molecule has 1 heterocycles. The molecule has 19 heavy (non-hydrogen) atoms. The van der Waals surface area contributed by atoms with Crippen LogP contribution in [0, 0.1) is 5.82 Å². The Labute approximate surface area is 111 Å². The van der Waals surface area contributed by atoms with Gasteiger partial charge in [0.15, 0.2) is 11.6 Å². The second kappa shape index (κ2) is 6.04. The van der Waals surface area contributed by atoms with Crippen molar-refractivity contribution in [1.29, 1.82) is 0 Å². The fourth-order valence-corrected chi connectivity index (χ4v) is 1.70. The summed E-state index contributed by atoms with van der Waals surface area (Å²) in [6.07, 6.45) is 5.28. The zero-order valence-corrected chi connectivity index (χ0v) is 10.8. The van der Waals surface area contributed by atoms with Crippen LogP contribution < -0.4 is 10.1 Å². The Kier molecular flexibility index (Phi) is 4.18. The Hall–Kier alpha value is -2.30. The first-order chi connectivity index (χ1) is 9.24. The molecule has 0 bridgehead atoms. The largest absolute Gasteiger partial charge is 0.491 e. The number of allylic oxidation sites excluding steroid dienone is 1. The quantitative estimate of drug-likeness (QED) is 0.810. The maximum atomic E-state index is 13.7. The molecule has 0 fully saturated rings. The van der Waals surface area contributed by atoms with Crippen molar-refractivity contribution in [1.82, 2.24) is 9.55 Å². The van der Waals surface area contributed by atoms with Crippen molar-refractivity contribution < 1.29 is 9.13 Å². The third kappa shape index (κ3) is 3.13. The van der Waals surface area contributed by atoms with E-state index in [-0.39, 0.29) is 5.75 Å². The molecule has 2 rings (SSSR count). The number of anilines is 2. The van der Waals surface area contributed by atoms with Crippen LogP contribution in [0.5, 0.6) is 5.75 Å². The van der Waals surface area contributed by atoms with E-state index in [9.17, 15) is 4.39 Å². The number of halogens is 1. The molecular formula is C14H16FN3O. The third-order valence-electron chi connectivity index (χ3n) is 2.53. The number of imidazole rings is 1. The van der Waals surface area contributed by atoms with E-state index in [0.717, 1.165) is 0 Å². The lowest BCUT2D eigenvalue weighted by atomic mass is 10.3. The smallest absolute Gasteiger partial charge is 0.207 e. The average Bonchev–Trinajstić information content (AvgIpc) is 2.81. The summed E-state index contributed by atoms with van der Waals surface area (Å²) in [6, 6.07) is 4.74. The molecule has 5 heteroatoms. The minimum atomic E-state index is -0.395. The van der Waals surface area contributed by atoms with Gasteiger partial charge in [-0.25, -0.2) is 9.37 Å². The molecule has 0 aliphatic rings. The lowest BCUT2D eigenvalue weighted by Crippen LogP contribution is -2.02. The molecule has 100 valence electrons. The van der Waals surface area contributed by atoms with Crippen molar-refractivity contribution in [2.45, 2.75) is 13.5 Å². The highest BCUT2D eigenvalue weighted by molar-refractivity contribution is 5.55. The summed E-state index contributed by atoms with van der Waals surface area (Å²) in [7, 11) is 0. The SMILES string of the molecule is C=CCn1ccnc1Nc1ccc(OCC)c(F)c1. The second-order valence-corrected chi connectivity index (χ2v) is 3.90. The molecule has 0 unspecified atom stereocenters. The maximum Gasteiger partial charge on any atom is 0.207 e. The highest BCUT2D eigenvalue weighted by Crippen LogP contribution is 2.23. The van der Waals surface area contributed by atoms with Gasteiger partial charge in [0.2, 0.25) is 5.95 Å². The third-order valence-corrected chi connectivity index (χ3v) is 2.53. The monoisotopic (exact) mass is 261 g/mol. The Morgan fingerprint density at radius 2 is 2.37 bits per heavy atom. The molecular weight excluding hydrogens is 245 g/mol. The van der Waals surface area contributed by atoms with Crippen LogP contribution in [-0.2, 0) is 6.54 Å². The summed E-state index contributed by atoms with van der Waals surface area (Å²) < 4.78 is 20.7. The van der Waals surface area contributed by atoms with Crippen molar-refractivity contribution in [3.63, 3.8) is 0 Å². The summed E-state index contributed by atoms with van der Waals surface area (Å²) in [4.78, 5) is 4.17. The predicted octanol–water partition coefficient (Wildman–Crippen LogP) is 3.35. The number of benzene rings is 1. The molecule has 1 aromatic heterocycles. The van der Waals surface area contributed by atoms with Gasteiger partial charge in [0.25, 0.3) is 0 Å². The van der Waals surface area contributed by atoms with Crippen LogP contribution in [0.4, 0.5) is 16.0 Å². The number of hydrogen-bond donors (Lipinski definition) is 1. The molecule has 0 aliphatic heterocycles. The van der Waals surface area contributed by atoms with E-state index in [1.807, 2.05) is 17.7 Å². The van der Waals surface area contributed by atoms with E-state index in [1.54, 1.807) is 24.4 Å². The van der Waals surface area contributed by atoms with Gasteiger partial charge < -0.3 is 14.6 Å². The van der Waals surface area contributed by atoms with E-state index in [1.165, 1.54) is 6.07 Å². The lowest BCUT2D eigenvalue weighted by molar-refractivity contribution is 0.321. The van der Waals surface area contributed by atoms with E-state index >= 15 is 0 Å². The van der Waals surface area contributed by atoms with Crippen molar-refractivity contribution in [2.24, 2.45) is 0 Å². The maximum absolute atomic E-state index is 13.7. The van der Waals surface area contributed by atoms with Crippen molar-refractivity contribution >= 4 is 11.6 Å². The van der Waals surface area contributed by atoms with Crippen molar-refractivity contribution in [2.75, 3.05) is 11.9 Å². The lowest BCUT2D eigenvalue weighted by Gasteiger charge is -2.10. The topological polar surface area (TPSA) is 39.1 Å². The van der Waals surface area contributed by atoms with E-state index in [2.05, 4.69) is 16.9 Å². The normalized spacial score (nSPS) is 10.2. The van der Waals surface area contributed by atoms with Crippen molar-refractivity contribution in [3.05, 3.63) is 49.1 Å².